The Balaban J connectivity index is 1.44. The molecule has 0 saturated heterocycles. The number of ether oxygens (including phenoxy) is 1. The van der Waals surface area contributed by atoms with Crippen LogP contribution in [-0.4, -0.2) is 6.61 Å². The first-order chi connectivity index (χ1) is 11.4. The molecule has 3 rings (SSSR count). The molecule has 3 aromatic carbocycles. The van der Waals surface area contributed by atoms with Crippen LogP contribution in [0.3, 0.4) is 0 Å². The molecule has 0 heterocycles. The molecule has 3 aromatic rings. The average molecular weight is 301 g/mol. The average Bonchev–Trinajstić information content (AvgIpc) is 2.62. The van der Waals surface area contributed by atoms with Crippen molar-refractivity contribution in [1.29, 1.82) is 0 Å². The second-order valence-electron chi connectivity index (χ2n) is 5.67. The van der Waals surface area contributed by atoms with Crippen LogP contribution in [0.15, 0.2) is 78.9 Å². The van der Waals surface area contributed by atoms with E-state index in [2.05, 4.69) is 54.6 Å². The summed E-state index contributed by atoms with van der Waals surface area (Å²) in [5, 5.41) is 0. The van der Waals surface area contributed by atoms with Gasteiger partial charge in [0, 0.05) is 0 Å². The Morgan fingerprint density at radius 1 is 0.696 bits per heavy atom. The minimum atomic E-state index is 0.683. The molecule has 0 saturated carbocycles. The fourth-order valence-electron chi connectivity index (χ4n) is 2.54. The SMILES string of the molecule is [c]1ccccc1Cc1ccc(CCOCc2ccccc2)cc1. The first-order valence-electron chi connectivity index (χ1n) is 8.05. The second-order valence-corrected chi connectivity index (χ2v) is 5.67. The first kappa shape index (κ1) is 15.5. The van der Waals surface area contributed by atoms with Gasteiger partial charge in [0.15, 0.2) is 0 Å². The van der Waals surface area contributed by atoms with Gasteiger partial charge in [0.1, 0.15) is 0 Å². The molecule has 1 heteroatoms. The van der Waals surface area contributed by atoms with E-state index >= 15 is 0 Å². The quantitative estimate of drug-likeness (QED) is 0.568. The van der Waals surface area contributed by atoms with E-state index in [1.807, 2.05) is 30.3 Å². The van der Waals surface area contributed by atoms with E-state index in [9.17, 15) is 0 Å². The largest absolute Gasteiger partial charge is 0.376 e. The van der Waals surface area contributed by atoms with Crippen molar-refractivity contribution in [3.63, 3.8) is 0 Å². The molecule has 0 unspecified atom stereocenters. The highest BCUT2D eigenvalue weighted by Gasteiger charge is 1.98. The minimum absolute atomic E-state index is 0.683. The van der Waals surface area contributed by atoms with Crippen LogP contribution in [0.5, 0.6) is 0 Å². The molecule has 1 radical (unpaired) electrons. The van der Waals surface area contributed by atoms with Crippen molar-refractivity contribution in [3.05, 3.63) is 107 Å². The van der Waals surface area contributed by atoms with Crippen molar-refractivity contribution in [1.82, 2.24) is 0 Å². The molecule has 0 fully saturated rings. The molecular weight excluding hydrogens is 280 g/mol. The molecule has 0 aliphatic rings. The normalized spacial score (nSPS) is 10.6. The highest BCUT2D eigenvalue weighted by Crippen LogP contribution is 2.11. The topological polar surface area (TPSA) is 9.23 Å². The lowest BCUT2D eigenvalue weighted by molar-refractivity contribution is 0.124. The maximum absolute atomic E-state index is 5.74. The van der Waals surface area contributed by atoms with E-state index in [-0.39, 0.29) is 0 Å². The summed E-state index contributed by atoms with van der Waals surface area (Å²) in [5.41, 5.74) is 5.09. The number of hydrogen-bond acceptors (Lipinski definition) is 1. The summed E-state index contributed by atoms with van der Waals surface area (Å²) < 4.78 is 5.74. The molecule has 115 valence electrons. The van der Waals surface area contributed by atoms with Gasteiger partial charge < -0.3 is 4.74 Å². The molecule has 0 N–H and O–H groups in total. The molecule has 0 bridgehead atoms. The summed E-state index contributed by atoms with van der Waals surface area (Å²) in [7, 11) is 0. The monoisotopic (exact) mass is 301 g/mol. The zero-order chi connectivity index (χ0) is 15.7. The number of benzene rings is 3. The maximum Gasteiger partial charge on any atom is 0.0717 e. The third kappa shape index (κ3) is 5.08. The van der Waals surface area contributed by atoms with E-state index in [0.29, 0.717) is 6.61 Å². The molecular formula is C22H21O. The molecule has 0 amide bonds. The van der Waals surface area contributed by atoms with Crippen LogP contribution in [0, 0.1) is 6.07 Å². The van der Waals surface area contributed by atoms with Crippen LogP contribution in [0.25, 0.3) is 0 Å². The van der Waals surface area contributed by atoms with Gasteiger partial charge in [-0.25, -0.2) is 0 Å². The highest BCUT2D eigenvalue weighted by molar-refractivity contribution is 5.28. The van der Waals surface area contributed by atoms with Crippen LogP contribution in [-0.2, 0) is 24.2 Å². The van der Waals surface area contributed by atoms with Crippen molar-refractivity contribution in [2.75, 3.05) is 6.61 Å². The van der Waals surface area contributed by atoms with Gasteiger partial charge in [-0.2, -0.15) is 0 Å². The highest BCUT2D eigenvalue weighted by atomic mass is 16.5. The van der Waals surface area contributed by atoms with Crippen LogP contribution >= 0.6 is 0 Å². The lowest BCUT2D eigenvalue weighted by Gasteiger charge is -2.06. The van der Waals surface area contributed by atoms with E-state index in [0.717, 1.165) is 19.4 Å². The smallest absolute Gasteiger partial charge is 0.0717 e. The Hall–Kier alpha value is -2.38. The fourth-order valence-corrected chi connectivity index (χ4v) is 2.54. The number of hydrogen-bond donors (Lipinski definition) is 0. The predicted molar refractivity (Wildman–Crippen MR) is 94.3 cm³/mol. The zero-order valence-electron chi connectivity index (χ0n) is 13.2. The molecule has 0 aromatic heterocycles. The summed E-state index contributed by atoms with van der Waals surface area (Å²) in [6.45, 7) is 1.43. The molecule has 0 atom stereocenters. The van der Waals surface area contributed by atoms with E-state index in [4.69, 9.17) is 4.74 Å². The molecule has 1 nitrogen and oxygen atoms in total. The van der Waals surface area contributed by atoms with Crippen molar-refractivity contribution in [2.24, 2.45) is 0 Å². The van der Waals surface area contributed by atoms with Crippen LogP contribution in [0.1, 0.15) is 22.3 Å². The molecule has 0 aliphatic heterocycles. The van der Waals surface area contributed by atoms with Gasteiger partial charge >= 0.3 is 0 Å². The van der Waals surface area contributed by atoms with Crippen LogP contribution in [0.4, 0.5) is 0 Å². The van der Waals surface area contributed by atoms with E-state index in [1.54, 1.807) is 0 Å². The third-order valence-corrected chi connectivity index (χ3v) is 3.84. The van der Waals surface area contributed by atoms with E-state index in [1.165, 1.54) is 22.3 Å². The minimum Gasteiger partial charge on any atom is -0.376 e. The van der Waals surface area contributed by atoms with Gasteiger partial charge in [0.05, 0.1) is 13.2 Å². The summed E-state index contributed by atoms with van der Waals surface area (Å²) in [6, 6.07) is 30.5. The van der Waals surface area contributed by atoms with Crippen molar-refractivity contribution in [3.8, 4) is 0 Å². The summed E-state index contributed by atoms with van der Waals surface area (Å²) >= 11 is 0. The molecule has 0 spiro atoms. The summed E-state index contributed by atoms with van der Waals surface area (Å²) in [5.74, 6) is 0. The summed E-state index contributed by atoms with van der Waals surface area (Å²) in [4.78, 5) is 0. The van der Waals surface area contributed by atoms with Crippen LogP contribution in [0.2, 0.25) is 0 Å². The standard InChI is InChI=1S/C22H21O/c1-3-7-20(8-4-1)17-21-13-11-19(12-14-21)15-16-23-18-22-9-5-2-6-10-22/h1-7,9-14H,15-18H2. The Labute approximate surface area is 138 Å². The van der Waals surface area contributed by atoms with E-state index < -0.39 is 0 Å². The number of rotatable bonds is 7. The van der Waals surface area contributed by atoms with Crippen LogP contribution < -0.4 is 0 Å². The maximum atomic E-state index is 5.74. The Morgan fingerprint density at radius 3 is 2.17 bits per heavy atom. The Bertz CT molecular complexity index is 687. The van der Waals surface area contributed by atoms with Gasteiger partial charge in [-0.3, -0.25) is 0 Å². The first-order valence-corrected chi connectivity index (χ1v) is 8.05. The molecule has 23 heavy (non-hydrogen) atoms. The third-order valence-electron chi connectivity index (χ3n) is 3.84. The Kier molecular flexibility index (Phi) is 5.60. The van der Waals surface area contributed by atoms with Crippen molar-refractivity contribution < 1.29 is 4.74 Å². The lowest BCUT2D eigenvalue weighted by Crippen LogP contribution is -1.99. The second kappa shape index (κ2) is 8.30. The van der Waals surface area contributed by atoms with Gasteiger partial charge in [-0.15, -0.1) is 0 Å². The fraction of sp³-hybridized carbons (Fsp3) is 0.182. The predicted octanol–water partition coefficient (Wildman–Crippen LogP) is 4.84. The van der Waals surface area contributed by atoms with Crippen molar-refractivity contribution >= 4 is 0 Å². The van der Waals surface area contributed by atoms with Gasteiger partial charge in [-0.05, 0) is 41.2 Å². The zero-order valence-corrected chi connectivity index (χ0v) is 13.2. The Morgan fingerprint density at radius 2 is 1.43 bits per heavy atom. The van der Waals surface area contributed by atoms with Gasteiger partial charge in [0.25, 0.3) is 0 Å². The lowest BCUT2D eigenvalue weighted by atomic mass is 10.0. The van der Waals surface area contributed by atoms with Gasteiger partial charge in [0.2, 0.25) is 0 Å². The van der Waals surface area contributed by atoms with Gasteiger partial charge in [-0.1, -0.05) is 78.9 Å². The van der Waals surface area contributed by atoms with Crippen molar-refractivity contribution in [2.45, 2.75) is 19.4 Å². The molecule has 0 aliphatic carbocycles. The summed E-state index contributed by atoms with van der Waals surface area (Å²) in [6.07, 6.45) is 1.89.